The van der Waals surface area contributed by atoms with E-state index in [2.05, 4.69) is 15.5 Å². The van der Waals surface area contributed by atoms with Gasteiger partial charge in [0.1, 0.15) is 6.61 Å². The van der Waals surface area contributed by atoms with Gasteiger partial charge >= 0.3 is 0 Å². The number of nitrogens with one attached hydrogen (secondary N) is 1. The van der Waals surface area contributed by atoms with Gasteiger partial charge in [-0.1, -0.05) is 5.16 Å². The van der Waals surface area contributed by atoms with Crippen molar-refractivity contribution in [2.75, 3.05) is 19.7 Å². The van der Waals surface area contributed by atoms with Gasteiger partial charge in [-0.15, -0.1) is 12.4 Å². The summed E-state index contributed by atoms with van der Waals surface area (Å²) in [6, 6.07) is 0. The highest BCUT2D eigenvalue weighted by atomic mass is 35.5. The Kier molecular flexibility index (Phi) is 5.56. The summed E-state index contributed by atoms with van der Waals surface area (Å²) < 4.78 is 0. The number of rotatable bonds is 2. The molecule has 5 heteroatoms. The summed E-state index contributed by atoms with van der Waals surface area (Å²) in [6.07, 6.45) is 1.69. The quantitative estimate of drug-likeness (QED) is 0.622. The molecule has 0 aliphatic carbocycles. The smallest absolute Gasteiger partial charge is 0.114 e. The second-order valence-corrected chi connectivity index (χ2v) is 1.93. The third-order valence-corrected chi connectivity index (χ3v) is 1.09. The molecule has 0 aromatic carbocycles. The summed E-state index contributed by atoms with van der Waals surface area (Å²) in [5.74, 6) is 0. The van der Waals surface area contributed by atoms with E-state index in [0.717, 1.165) is 12.3 Å². The SMILES string of the molecule is CCO/N=C1/CN=CNC1.Cl. The van der Waals surface area contributed by atoms with Crippen molar-refractivity contribution in [3.8, 4) is 0 Å². The highest BCUT2D eigenvalue weighted by Gasteiger charge is 2.00. The fourth-order valence-electron chi connectivity index (χ4n) is 0.652. The molecule has 0 spiro atoms. The zero-order valence-electron chi connectivity index (χ0n) is 6.41. The zero-order chi connectivity index (χ0) is 7.23. The molecule has 0 amide bonds. The standard InChI is InChI=1S/C6H11N3O.ClH/c1-2-10-9-6-3-7-5-8-4-6;/h5H,2-4H2,1H3,(H,7,8);1H. The third kappa shape index (κ3) is 3.83. The fraction of sp³-hybridized carbons (Fsp3) is 0.667. The van der Waals surface area contributed by atoms with Crippen molar-refractivity contribution in [1.29, 1.82) is 0 Å². The number of nitrogens with zero attached hydrogens (tertiary/aromatic N) is 2. The van der Waals surface area contributed by atoms with Gasteiger partial charge in [0.15, 0.2) is 0 Å². The molecular formula is C6H12ClN3O. The molecule has 0 radical (unpaired) electrons. The van der Waals surface area contributed by atoms with Crippen LogP contribution in [0.15, 0.2) is 10.1 Å². The first-order valence-corrected chi connectivity index (χ1v) is 3.33. The molecule has 1 aliphatic heterocycles. The van der Waals surface area contributed by atoms with Crippen LogP contribution in [0.1, 0.15) is 6.92 Å². The van der Waals surface area contributed by atoms with Crippen LogP contribution >= 0.6 is 12.4 Å². The first-order valence-electron chi connectivity index (χ1n) is 3.33. The molecule has 0 aromatic rings. The molecule has 4 nitrogen and oxygen atoms in total. The lowest BCUT2D eigenvalue weighted by Crippen LogP contribution is -2.28. The molecule has 1 rings (SSSR count). The van der Waals surface area contributed by atoms with Crippen molar-refractivity contribution in [1.82, 2.24) is 5.32 Å². The molecule has 1 heterocycles. The summed E-state index contributed by atoms with van der Waals surface area (Å²) in [6.45, 7) is 3.94. The van der Waals surface area contributed by atoms with E-state index in [1.807, 2.05) is 6.92 Å². The van der Waals surface area contributed by atoms with E-state index < -0.39 is 0 Å². The highest BCUT2D eigenvalue weighted by molar-refractivity contribution is 5.92. The van der Waals surface area contributed by atoms with Crippen molar-refractivity contribution in [3.63, 3.8) is 0 Å². The average Bonchev–Trinajstić information content (AvgIpc) is 2.03. The van der Waals surface area contributed by atoms with Crippen LogP contribution in [0.3, 0.4) is 0 Å². The van der Waals surface area contributed by atoms with Crippen molar-refractivity contribution < 1.29 is 4.84 Å². The van der Waals surface area contributed by atoms with Crippen molar-refractivity contribution in [3.05, 3.63) is 0 Å². The summed E-state index contributed by atoms with van der Waals surface area (Å²) in [7, 11) is 0. The van der Waals surface area contributed by atoms with Gasteiger partial charge in [-0.3, -0.25) is 4.99 Å². The lowest BCUT2D eigenvalue weighted by Gasteiger charge is -2.07. The molecule has 64 valence electrons. The Morgan fingerprint density at radius 1 is 1.82 bits per heavy atom. The number of hydrogen-bond acceptors (Lipinski definition) is 4. The Bertz CT molecular complexity index is 158. The Morgan fingerprint density at radius 3 is 3.18 bits per heavy atom. The van der Waals surface area contributed by atoms with E-state index in [1.54, 1.807) is 6.34 Å². The normalized spacial score (nSPS) is 18.8. The van der Waals surface area contributed by atoms with E-state index in [-0.39, 0.29) is 12.4 Å². The predicted molar refractivity (Wildman–Crippen MR) is 47.7 cm³/mol. The van der Waals surface area contributed by atoms with Gasteiger partial charge in [-0.05, 0) is 6.92 Å². The van der Waals surface area contributed by atoms with Gasteiger partial charge in [-0.25, -0.2) is 0 Å². The molecule has 0 atom stereocenters. The number of oxime groups is 1. The third-order valence-electron chi connectivity index (χ3n) is 1.09. The monoisotopic (exact) mass is 177 g/mol. The van der Waals surface area contributed by atoms with E-state index in [9.17, 15) is 0 Å². The topological polar surface area (TPSA) is 46.0 Å². The van der Waals surface area contributed by atoms with Gasteiger partial charge in [0, 0.05) is 0 Å². The van der Waals surface area contributed by atoms with E-state index >= 15 is 0 Å². The molecule has 0 bridgehead atoms. The van der Waals surface area contributed by atoms with Gasteiger partial charge in [0.25, 0.3) is 0 Å². The van der Waals surface area contributed by atoms with E-state index in [0.29, 0.717) is 13.2 Å². The summed E-state index contributed by atoms with van der Waals surface area (Å²) in [4.78, 5) is 8.81. The van der Waals surface area contributed by atoms with Gasteiger partial charge < -0.3 is 10.2 Å². The van der Waals surface area contributed by atoms with E-state index in [4.69, 9.17) is 4.84 Å². The van der Waals surface area contributed by atoms with Crippen LogP contribution in [0, 0.1) is 0 Å². The lowest BCUT2D eigenvalue weighted by atomic mass is 10.3. The molecule has 0 fully saturated rings. The number of aliphatic imine (C=N–C) groups is 1. The maximum absolute atomic E-state index is 4.85. The molecule has 0 saturated heterocycles. The van der Waals surface area contributed by atoms with Gasteiger partial charge in [-0.2, -0.15) is 0 Å². The molecule has 0 aromatic heterocycles. The minimum absolute atomic E-state index is 0. The fourth-order valence-corrected chi connectivity index (χ4v) is 0.652. The average molecular weight is 178 g/mol. The molecule has 1 N–H and O–H groups in total. The van der Waals surface area contributed by atoms with E-state index in [1.165, 1.54) is 0 Å². The van der Waals surface area contributed by atoms with Crippen molar-refractivity contribution in [2.45, 2.75) is 6.92 Å². The Balaban J connectivity index is 0.000001000. The van der Waals surface area contributed by atoms with Gasteiger partial charge in [0.2, 0.25) is 0 Å². The van der Waals surface area contributed by atoms with Crippen LogP contribution in [-0.4, -0.2) is 31.7 Å². The van der Waals surface area contributed by atoms with Crippen LogP contribution in [0.4, 0.5) is 0 Å². The first kappa shape index (κ1) is 10.2. The summed E-state index contributed by atoms with van der Waals surface area (Å²) >= 11 is 0. The van der Waals surface area contributed by atoms with Gasteiger partial charge in [0.05, 0.1) is 25.1 Å². The van der Waals surface area contributed by atoms with Crippen LogP contribution in [0.25, 0.3) is 0 Å². The first-order chi connectivity index (χ1) is 4.93. The van der Waals surface area contributed by atoms with Crippen molar-refractivity contribution >= 4 is 24.5 Å². The van der Waals surface area contributed by atoms with Crippen LogP contribution in [0.5, 0.6) is 0 Å². The second kappa shape index (κ2) is 5.97. The summed E-state index contributed by atoms with van der Waals surface area (Å²) in [5, 5.41) is 6.78. The maximum atomic E-state index is 4.85. The minimum Gasteiger partial charge on any atom is -0.396 e. The molecule has 0 unspecified atom stereocenters. The number of hydrogen-bond donors (Lipinski definition) is 1. The number of halogens is 1. The lowest BCUT2D eigenvalue weighted by molar-refractivity contribution is 0.158. The Morgan fingerprint density at radius 2 is 2.64 bits per heavy atom. The summed E-state index contributed by atoms with van der Waals surface area (Å²) in [5.41, 5.74) is 0.948. The Labute approximate surface area is 72.1 Å². The highest BCUT2D eigenvalue weighted by Crippen LogP contribution is 1.85. The molecule has 11 heavy (non-hydrogen) atoms. The Hall–Kier alpha value is -0.770. The molecule has 1 aliphatic rings. The molecular weight excluding hydrogens is 166 g/mol. The predicted octanol–water partition coefficient (Wildman–Crippen LogP) is 0.432. The molecule has 0 saturated carbocycles. The van der Waals surface area contributed by atoms with Crippen LogP contribution < -0.4 is 5.32 Å². The minimum atomic E-state index is 0. The largest absolute Gasteiger partial charge is 0.396 e. The zero-order valence-corrected chi connectivity index (χ0v) is 7.23. The van der Waals surface area contributed by atoms with Crippen LogP contribution in [0.2, 0.25) is 0 Å². The second-order valence-electron chi connectivity index (χ2n) is 1.93. The maximum Gasteiger partial charge on any atom is 0.114 e. The van der Waals surface area contributed by atoms with Crippen molar-refractivity contribution in [2.24, 2.45) is 10.1 Å². The van der Waals surface area contributed by atoms with Crippen LogP contribution in [-0.2, 0) is 4.84 Å².